The lowest BCUT2D eigenvalue weighted by Crippen LogP contribution is -2.42. The fourth-order valence-corrected chi connectivity index (χ4v) is 2.27. The predicted octanol–water partition coefficient (Wildman–Crippen LogP) is 2.12. The molecule has 130 valence electrons. The van der Waals surface area contributed by atoms with Crippen LogP contribution in [0.4, 0.5) is 14.5 Å². The van der Waals surface area contributed by atoms with Crippen molar-refractivity contribution in [1.29, 1.82) is 0 Å². The normalized spacial score (nSPS) is 20.3. The van der Waals surface area contributed by atoms with Gasteiger partial charge in [-0.25, -0.2) is 13.6 Å². The number of rotatable bonds is 7. The minimum Gasteiger partial charge on any atom is -0.480 e. The van der Waals surface area contributed by atoms with Crippen LogP contribution >= 0.6 is 0 Å². The van der Waals surface area contributed by atoms with Crippen LogP contribution in [0, 0.1) is 11.8 Å². The van der Waals surface area contributed by atoms with E-state index in [1.807, 2.05) is 6.92 Å². The number of nitrogens with one attached hydrogen (secondary N) is 2. The van der Waals surface area contributed by atoms with Crippen LogP contribution in [0.2, 0.25) is 0 Å². The van der Waals surface area contributed by atoms with Crippen molar-refractivity contribution in [1.82, 2.24) is 5.32 Å². The van der Waals surface area contributed by atoms with E-state index in [4.69, 9.17) is 5.11 Å². The van der Waals surface area contributed by atoms with Crippen molar-refractivity contribution < 1.29 is 28.3 Å². The summed E-state index contributed by atoms with van der Waals surface area (Å²) in [7, 11) is 0. The molecule has 8 heteroatoms. The number of carbonyl (C=O) groups excluding carboxylic acids is 2. The third kappa shape index (κ3) is 4.74. The summed E-state index contributed by atoms with van der Waals surface area (Å²) in [5.41, 5.74) is 0.631. The first-order valence-electron chi connectivity index (χ1n) is 7.50. The van der Waals surface area contributed by atoms with Gasteiger partial charge in [-0.15, -0.1) is 0 Å². The first-order chi connectivity index (χ1) is 11.3. The molecule has 1 saturated carbocycles. The van der Waals surface area contributed by atoms with Crippen LogP contribution in [0.15, 0.2) is 24.3 Å². The molecule has 1 aliphatic rings. The molecule has 0 heterocycles. The minimum atomic E-state index is -2.84. The van der Waals surface area contributed by atoms with Gasteiger partial charge in [-0.05, 0) is 36.6 Å². The van der Waals surface area contributed by atoms with Crippen LogP contribution in [-0.2, 0) is 9.59 Å². The smallest absolute Gasteiger partial charge is 0.326 e. The summed E-state index contributed by atoms with van der Waals surface area (Å²) in [5, 5.41) is 13.6. The molecule has 1 aromatic carbocycles. The van der Waals surface area contributed by atoms with Crippen molar-refractivity contribution in [3.05, 3.63) is 29.8 Å². The maximum atomic E-state index is 12.3. The molecular formula is C16H18F2N2O4. The van der Waals surface area contributed by atoms with Crippen LogP contribution in [0.1, 0.15) is 30.1 Å². The van der Waals surface area contributed by atoms with E-state index in [0.29, 0.717) is 11.6 Å². The molecule has 0 aliphatic heterocycles. The molecule has 3 N–H and O–H groups in total. The topological polar surface area (TPSA) is 95.5 Å². The number of carboxylic acid groups (broad SMARTS) is 1. The summed E-state index contributed by atoms with van der Waals surface area (Å²) >= 11 is 0. The third-order valence-corrected chi connectivity index (χ3v) is 3.88. The summed E-state index contributed by atoms with van der Waals surface area (Å²) in [6.45, 7) is 1.98. The van der Waals surface area contributed by atoms with Gasteiger partial charge >= 0.3 is 5.97 Å². The van der Waals surface area contributed by atoms with E-state index >= 15 is 0 Å². The maximum Gasteiger partial charge on any atom is 0.326 e. The molecule has 1 fully saturated rings. The highest BCUT2D eigenvalue weighted by Crippen LogP contribution is 2.38. The predicted molar refractivity (Wildman–Crippen MR) is 81.9 cm³/mol. The molecular weight excluding hydrogens is 322 g/mol. The number of hydrogen-bond acceptors (Lipinski definition) is 3. The molecule has 24 heavy (non-hydrogen) atoms. The van der Waals surface area contributed by atoms with Crippen molar-refractivity contribution in [2.45, 2.75) is 32.2 Å². The second-order valence-electron chi connectivity index (χ2n) is 5.88. The molecule has 2 rings (SSSR count). The number of hydrogen-bond donors (Lipinski definition) is 3. The van der Waals surface area contributed by atoms with Gasteiger partial charge in [0.25, 0.3) is 5.91 Å². The number of anilines is 1. The van der Waals surface area contributed by atoms with E-state index in [-0.39, 0.29) is 17.4 Å². The van der Waals surface area contributed by atoms with Gasteiger partial charge in [0.2, 0.25) is 12.3 Å². The van der Waals surface area contributed by atoms with Crippen LogP contribution in [-0.4, -0.2) is 35.4 Å². The standard InChI is InChI=1S/C16H18F2N2O4/c1-8-6-11(8)15(22)19-10-4-2-9(3-5-10)14(21)20-12(16(23)24)7-13(17)18/h2-5,8,11-13H,6-7H2,1H3,(H,19,22)(H,20,21)(H,23,24). The lowest BCUT2D eigenvalue weighted by Gasteiger charge is -2.14. The van der Waals surface area contributed by atoms with Crippen LogP contribution in [0.3, 0.4) is 0 Å². The fourth-order valence-electron chi connectivity index (χ4n) is 2.27. The van der Waals surface area contributed by atoms with Crippen molar-refractivity contribution in [3.8, 4) is 0 Å². The number of carboxylic acids is 1. The Labute approximate surface area is 137 Å². The Bertz CT molecular complexity index is 633. The van der Waals surface area contributed by atoms with Crippen molar-refractivity contribution in [2.24, 2.45) is 11.8 Å². The lowest BCUT2D eigenvalue weighted by molar-refractivity contribution is -0.140. The van der Waals surface area contributed by atoms with Gasteiger partial charge in [0.05, 0.1) is 0 Å². The lowest BCUT2D eigenvalue weighted by atomic mass is 10.1. The molecule has 0 saturated heterocycles. The van der Waals surface area contributed by atoms with Gasteiger partial charge < -0.3 is 15.7 Å². The van der Waals surface area contributed by atoms with E-state index < -0.39 is 30.8 Å². The summed E-state index contributed by atoms with van der Waals surface area (Å²) in [4.78, 5) is 34.6. The van der Waals surface area contributed by atoms with Crippen molar-refractivity contribution in [2.75, 3.05) is 5.32 Å². The van der Waals surface area contributed by atoms with E-state index in [9.17, 15) is 23.2 Å². The summed E-state index contributed by atoms with van der Waals surface area (Å²) in [6, 6.07) is 4.13. The third-order valence-electron chi connectivity index (χ3n) is 3.88. The molecule has 0 spiro atoms. The largest absolute Gasteiger partial charge is 0.480 e. The molecule has 3 atom stereocenters. The second-order valence-corrected chi connectivity index (χ2v) is 5.88. The van der Waals surface area contributed by atoms with E-state index in [1.165, 1.54) is 24.3 Å². The molecule has 0 bridgehead atoms. The highest BCUT2D eigenvalue weighted by atomic mass is 19.3. The summed E-state index contributed by atoms with van der Waals surface area (Å²) < 4.78 is 24.6. The van der Waals surface area contributed by atoms with Gasteiger partial charge in [-0.3, -0.25) is 9.59 Å². The Balaban J connectivity index is 1.95. The zero-order valence-electron chi connectivity index (χ0n) is 13.0. The number of carbonyl (C=O) groups is 3. The van der Waals surface area contributed by atoms with Crippen LogP contribution in [0.5, 0.6) is 0 Å². The molecule has 2 amide bonds. The average Bonchev–Trinajstić information content (AvgIpc) is 3.23. The molecule has 1 aliphatic carbocycles. The van der Waals surface area contributed by atoms with Crippen molar-refractivity contribution >= 4 is 23.5 Å². The molecule has 0 radical (unpaired) electrons. The van der Waals surface area contributed by atoms with E-state index in [1.54, 1.807) is 0 Å². The van der Waals surface area contributed by atoms with E-state index in [0.717, 1.165) is 6.42 Å². The highest BCUT2D eigenvalue weighted by Gasteiger charge is 2.39. The first-order valence-corrected chi connectivity index (χ1v) is 7.50. The van der Waals surface area contributed by atoms with Crippen LogP contribution < -0.4 is 10.6 Å². The molecule has 3 unspecified atom stereocenters. The Hall–Kier alpha value is -2.51. The van der Waals surface area contributed by atoms with Crippen LogP contribution in [0.25, 0.3) is 0 Å². The number of aliphatic carboxylic acids is 1. The van der Waals surface area contributed by atoms with Crippen molar-refractivity contribution in [3.63, 3.8) is 0 Å². The quantitative estimate of drug-likeness (QED) is 0.708. The fraction of sp³-hybridized carbons (Fsp3) is 0.438. The Morgan fingerprint density at radius 3 is 2.29 bits per heavy atom. The molecule has 1 aromatic rings. The zero-order valence-corrected chi connectivity index (χ0v) is 13.0. The van der Waals surface area contributed by atoms with E-state index in [2.05, 4.69) is 10.6 Å². The molecule has 0 aromatic heterocycles. The average molecular weight is 340 g/mol. The van der Waals surface area contributed by atoms with Gasteiger partial charge in [0, 0.05) is 23.6 Å². The van der Waals surface area contributed by atoms with Gasteiger partial charge in [-0.1, -0.05) is 6.92 Å². The van der Waals surface area contributed by atoms with Gasteiger partial charge in [0.15, 0.2) is 0 Å². The summed E-state index contributed by atoms with van der Waals surface area (Å²) in [5.74, 6) is -1.98. The number of amides is 2. The molecule has 6 nitrogen and oxygen atoms in total. The first kappa shape index (κ1) is 17.8. The highest BCUT2D eigenvalue weighted by molar-refractivity contribution is 5.98. The second kappa shape index (κ2) is 7.37. The Kier molecular flexibility index (Phi) is 5.48. The maximum absolute atomic E-state index is 12.3. The summed E-state index contributed by atoms with van der Waals surface area (Å²) in [6.07, 6.45) is -2.95. The zero-order chi connectivity index (χ0) is 17.9. The Morgan fingerprint density at radius 2 is 1.83 bits per heavy atom. The monoisotopic (exact) mass is 340 g/mol. The SMILES string of the molecule is CC1CC1C(=O)Nc1ccc(C(=O)NC(CC(F)F)C(=O)O)cc1. The number of benzene rings is 1. The van der Waals surface area contributed by atoms with Gasteiger partial charge in [-0.2, -0.15) is 0 Å². The minimum absolute atomic E-state index is 0.0126. The Morgan fingerprint density at radius 1 is 1.25 bits per heavy atom. The number of alkyl halides is 2. The number of halogens is 2. The van der Waals surface area contributed by atoms with Gasteiger partial charge in [0.1, 0.15) is 6.04 Å².